The van der Waals surface area contributed by atoms with E-state index in [2.05, 4.69) is 34.1 Å². The number of amides is 1. The zero-order valence-electron chi connectivity index (χ0n) is 11.6. The van der Waals surface area contributed by atoms with Gasteiger partial charge in [0.25, 0.3) is 0 Å². The Hall–Kier alpha value is -1.20. The molecular formula is C15H18N2OS2. The Morgan fingerprint density at radius 3 is 2.90 bits per heavy atom. The first-order chi connectivity index (χ1) is 9.63. The molecule has 0 bridgehead atoms. The third-order valence-corrected chi connectivity index (χ3v) is 5.53. The molecule has 106 valence electrons. The van der Waals surface area contributed by atoms with Crippen LogP contribution >= 0.6 is 22.7 Å². The summed E-state index contributed by atoms with van der Waals surface area (Å²) in [5, 5.41) is 10.5. The third kappa shape index (κ3) is 3.10. The Morgan fingerprint density at radius 2 is 2.35 bits per heavy atom. The first-order valence-corrected chi connectivity index (χ1v) is 8.69. The summed E-state index contributed by atoms with van der Waals surface area (Å²) in [6, 6.07) is 2.12. The largest absolute Gasteiger partial charge is 0.346 e. The number of thiophene rings is 1. The van der Waals surface area contributed by atoms with E-state index >= 15 is 0 Å². The van der Waals surface area contributed by atoms with E-state index in [1.54, 1.807) is 22.7 Å². The maximum Gasteiger partial charge on any atom is 0.223 e. The molecule has 1 saturated carbocycles. The topological polar surface area (TPSA) is 42.0 Å². The summed E-state index contributed by atoms with van der Waals surface area (Å²) in [7, 11) is 0. The van der Waals surface area contributed by atoms with Crippen molar-refractivity contribution in [2.45, 2.75) is 32.7 Å². The van der Waals surface area contributed by atoms with E-state index in [1.165, 1.54) is 5.56 Å². The number of nitrogens with zero attached hydrogens (tertiary/aromatic N) is 1. The number of thiazole rings is 1. The predicted molar refractivity (Wildman–Crippen MR) is 83.0 cm³/mol. The fourth-order valence-corrected chi connectivity index (χ4v) is 3.87. The minimum absolute atomic E-state index is 0.00333. The van der Waals surface area contributed by atoms with Gasteiger partial charge in [-0.3, -0.25) is 4.79 Å². The Bertz CT molecular complexity index is 591. The Labute approximate surface area is 127 Å². The van der Waals surface area contributed by atoms with Crippen LogP contribution in [-0.2, 0) is 11.2 Å². The van der Waals surface area contributed by atoms with Gasteiger partial charge in [0.15, 0.2) is 0 Å². The van der Waals surface area contributed by atoms with E-state index < -0.39 is 0 Å². The number of aromatic nitrogens is 1. The molecule has 1 aliphatic carbocycles. The molecule has 5 heteroatoms. The molecule has 0 aromatic carbocycles. The second-order valence-corrected chi connectivity index (χ2v) is 7.21. The monoisotopic (exact) mass is 306 g/mol. The molecule has 1 N–H and O–H groups in total. The fraction of sp³-hybridized carbons (Fsp3) is 0.467. The minimum atomic E-state index is 0.00333. The van der Waals surface area contributed by atoms with Crippen LogP contribution in [-0.4, -0.2) is 10.9 Å². The molecule has 2 heterocycles. The number of hydrogen-bond donors (Lipinski definition) is 1. The molecule has 0 spiro atoms. The molecule has 0 aliphatic heterocycles. The van der Waals surface area contributed by atoms with Gasteiger partial charge in [0.05, 0.1) is 6.04 Å². The van der Waals surface area contributed by atoms with Crippen molar-refractivity contribution in [3.8, 4) is 0 Å². The molecule has 2 aromatic rings. The van der Waals surface area contributed by atoms with Gasteiger partial charge in [-0.1, -0.05) is 6.92 Å². The highest BCUT2D eigenvalue weighted by Gasteiger charge is 2.40. The zero-order valence-corrected chi connectivity index (χ0v) is 13.3. The molecule has 3 atom stereocenters. The maximum absolute atomic E-state index is 12.2. The highest BCUT2D eigenvalue weighted by Crippen LogP contribution is 2.38. The SMILES string of the molecule is Cc1csc([C@H](Cc2ccsc2)NC(=O)[C@H]2C[C@@H]2C)n1. The van der Waals surface area contributed by atoms with Crippen LogP contribution in [0.2, 0.25) is 0 Å². The van der Waals surface area contributed by atoms with Crippen molar-refractivity contribution in [1.29, 1.82) is 0 Å². The van der Waals surface area contributed by atoms with Gasteiger partial charge in [-0.25, -0.2) is 4.98 Å². The van der Waals surface area contributed by atoms with Crippen LogP contribution in [0.3, 0.4) is 0 Å². The number of rotatable bonds is 5. The average molecular weight is 306 g/mol. The molecule has 3 nitrogen and oxygen atoms in total. The lowest BCUT2D eigenvalue weighted by Gasteiger charge is -2.16. The molecule has 2 aromatic heterocycles. The smallest absolute Gasteiger partial charge is 0.223 e. The number of carbonyl (C=O) groups is 1. The highest BCUT2D eigenvalue weighted by molar-refractivity contribution is 7.09. The summed E-state index contributed by atoms with van der Waals surface area (Å²) >= 11 is 3.32. The summed E-state index contributed by atoms with van der Waals surface area (Å²) in [5.41, 5.74) is 2.28. The summed E-state index contributed by atoms with van der Waals surface area (Å²) in [4.78, 5) is 16.8. The molecule has 0 unspecified atom stereocenters. The van der Waals surface area contributed by atoms with Crippen LogP contribution in [0.1, 0.15) is 35.7 Å². The van der Waals surface area contributed by atoms with Gasteiger partial charge in [0.1, 0.15) is 5.01 Å². The normalized spacial score (nSPS) is 22.5. The van der Waals surface area contributed by atoms with Crippen molar-refractivity contribution in [2.24, 2.45) is 11.8 Å². The lowest BCUT2D eigenvalue weighted by Crippen LogP contribution is -2.31. The molecule has 1 fully saturated rings. The van der Waals surface area contributed by atoms with Gasteiger partial charge in [0, 0.05) is 23.4 Å². The third-order valence-electron chi connectivity index (χ3n) is 3.72. The molecule has 0 radical (unpaired) electrons. The van der Waals surface area contributed by atoms with Crippen molar-refractivity contribution in [1.82, 2.24) is 10.3 Å². The first-order valence-electron chi connectivity index (χ1n) is 6.87. The standard InChI is InChI=1S/C15H18N2OS2/c1-9-5-12(9)14(18)17-13(6-11-3-4-19-8-11)15-16-10(2)7-20-15/h3-4,7-9,12-13H,5-6H2,1-2H3,(H,17,18)/t9-,12-,13-/m0/s1. The van der Waals surface area contributed by atoms with Gasteiger partial charge in [-0.05, 0) is 41.7 Å². The predicted octanol–water partition coefficient (Wildman–Crippen LogP) is 3.57. The zero-order chi connectivity index (χ0) is 14.1. The van der Waals surface area contributed by atoms with Gasteiger partial charge >= 0.3 is 0 Å². The fourth-order valence-electron chi connectivity index (χ4n) is 2.34. The van der Waals surface area contributed by atoms with E-state index in [0.717, 1.165) is 23.5 Å². The number of hydrogen-bond acceptors (Lipinski definition) is 4. The maximum atomic E-state index is 12.2. The number of carbonyl (C=O) groups excluding carboxylic acids is 1. The quantitative estimate of drug-likeness (QED) is 0.917. The van der Waals surface area contributed by atoms with E-state index in [4.69, 9.17) is 0 Å². The molecule has 1 amide bonds. The summed E-state index contributed by atoms with van der Waals surface area (Å²) < 4.78 is 0. The number of aryl methyl sites for hydroxylation is 1. The molecule has 0 saturated heterocycles. The van der Waals surface area contributed by atoms with Crippen molar-refractivity contribution in [3.05, 3.63) is 38.5 Å². The van der Waals surface area contributed by atoms with Crippen LogP contribution in [0.25, 0.3) is 0 Å². The van der Waals surface area contributed by atoms with Crippen LogP contribution in [0.5, 0.6) is 0 Å². The van der Waals surface area contributed by atoms with Gasteiger partial charge in [-0.2, -0.15) is 11.3 Å². The lowest BCUT2D eigenvalue weighted by molar-refractivity contribution is -0.123. The van der Waals surface area contributed by atoms with E-state index in [9.17, 15) is 4.79 Å². The van der Waals surface area contributed by atoms with Crippen molar-refractivity contribution < 1.29 is 4.79 Å². The summed E-state index contributed by atoms with van der Waals surface area (Å²) in [5.74, 6) is 0.932. The van der Waals surface area contributed by atoms with Crippen molar-refractivity contribution in [2.75, 3.05) is 0 Å². The summed E-state index contributed by atoms with van der Waals surface area (Å²) in [6.45, 7) is 4.12. The molecule has 3 rings (SSSR count). The van der Waals surface area contributed by atoms with Gasteiger partial charge in [0.2, 0.25) is 5.91 Å². The molecular weight excluding hydrogens is 288 g/mol. The van der Waals surface area contributed by atoms with E-state index in [1.807, 2.05) is 12.3 Å². The van der Waals surface area contributed by atoms with Crippen LogP contribution in [0.15, 0.2) is 22.2 Å². The van der Waals surface area contributed by atoms with Crippen LogP contribution < -0.4 is 5.32 Å². The van der Waals surface area contributed by atoms with Crippen molar-refractivity contribution >= 4 is 28.6 Å². The lowest BCUT2D eigenvalue weighted by atomic mass is 10.1. The average Bonchev–Trinajstić information content (AvgIpc) is 2.83. The summed E-state index contributed by atoms with van der Waals surface area (Å²) in [6.07, 6.45) is 1.84. The minimum Gasteiger partial charge on any atom is -0.346 e. The second-order valence-electron chi connectivity index (χ2n) is 5.54. The van der Waals surface area contributed by atoms with Crippen LogP contribution in [0.4, 0.5) is 0 Å². The van der Waals surface area contributed by atoms with Crippen molar-refractivity contribution in [3.63, 3.8) is 0 Å². The second kappa shape index (κ2) is 5.66. The highest BCUT2D eigenvalue weighted by atomic mass is 32.1. The van der Waals surface area contributed by atoms with Crippen LogP contribution in [0, 0.1) is 18.8 Å². The number of nitrogens with one attached hydrogen (secondary N) is 1. The molecule has 1 aliphatic rings. The Balaban J connectivity index is 1.74. The molecule has 20 heavy (non-hydrogen) atoms. The first kappa shape index (κ1) is 13.8. The van der Waals surface area contributed by atoms with E-state index in [0.29, 0.717) is 5.92 Å². The Kier molecular flexibility index (Phi) is 3.89. The Morgan fingerprint density at radius 1 is 1.55 bits per heavy atom. The van der Waals surface area contributed by atoms with Gasteiger partial charge in [-0.15, -0.1) is 11.3 Å². The van der Waals surface area contributed by atoms with Gasteiger partial charge < -0.3 is 5.32 Å². The van der Waals surface area contributed by atoms with E-state index in [-0.39, 0.29) is 17.9 Å².